The lowest BCUT2D eigenvalue weighted by Crippen LogP contribution is -2.40. The number of aliphatic imine (C=N–C) groups is 1. The second-order valence-electron chi connectivity index (χ2n) is 6.55. The van der Waals surface area contributed by atoms with Crippen LogP contribution in [0, 0.1) is 5.41 Å². The highest BCUT2D eigenvalue weighted by molar-refractivity contribution is 14.0. The average Bonchev–Trinajstić information content (AvgIpc) is 2.87. The second kappa shape index (κ2) is 9.12. The highest BCUT2D eigenvalue weighted by atomic mass is 127. The molecule has 0 atom stereocenters. The third-order valence-electron chi connectivity index (χ3n) is 4.13. The van der Waals surface area contributed by atoms with E-state index in [2.05, 4.69) is 45.0 Å². The zero-order valence-corrected chi connectivity index (χ0v) is 18.9. The van der Waals surface area contributed by atoms with Crippen LogP contribution >= 0.6 is 39.9 Å². The molecule has 0 spiro atoms. The standard InChI is InChI=1S/C17H26BrN3O2.HI/c1-17(2)6-7-21(11-17)16(19-3)20-10-12-8-13(18)15(23-5)14(9-12)22-4;/h8-9H,6-7,10-11H2,1-5H3,(H,19,20);1H. The Kier molecular flexibility index (Phi) is 8.11. The first kappa shape index (κ1) is 21.3. The molecule has 0 aromatic heterocycles. The fraction of sp³-hybridized carbons (Fsp3) is 0.588. The number of likely N-dealkylation sites (tertiary alicyclic amines) is 1. The topological polar surface area (TPSA) is 46.1 Å². The lowest BCUT2D eigenvalue weighted by atomic mass is 9.93. The van der Waals surface area contributed by atoms with E-state index in [4.69, 9.17) is 9.47 Å². The summed E-state index contributed by atoms with van der Waals surface area (Å²) in [7, 11) is 5.11. The summed E-state index contributed by atoms with van der Waals surface area (Å²) in [5, 5.41) is 3.44. The number of methoxy groups -OCH3 is 2. The van der Waals surface area contributed by atoms with E-state index in [9.17, 15) is 0 Å². The van der Waals surface area contributed by atoms with Gasteiger partial charge in [-0.25, -0.2) is 0 Å². The number of ether oxygens (including phenoxy) is 2. The summed E-state index contributed by atoms with van der Waals surface area (Å²) < 4.78 is 11.6. The van der Waals surface area contributed by atoms with Crippen molar-refractivity contribution in [3.63, 3.8) is 0 Å². The van der Waals surface area contributed by atoms with Gasteiger partial charge < -0.3 is 19.7 Å². The molecule has 1 saturated heterocycles. The molecule has 0 unspecified atom stereocenters. The van der Waals surface area contributed by atoms with Crippen LogP contribution in [-0.4, -0.2) is 45.2 Å². The number of hydrogen-bond donors (Lipinski definition) is 1. The smallest absolute Gasteiger partial charge is 0.193 e. The molecule has 5 nitrogen and oxygen atoms in total. The molecule has 1 heterocycles. The van der Waals surface area contributed by atoms with Crippen LogP contribution in [0.25, 0.3) is 0 Å². The second-order valence-corrected chi connectivity index (χ2v) is 7.40. The summed E-state index contributed by atoms with van der Waals surface area (Å²) in [6.07, 6.45) is 1.19. The van der Waals surface area contributed by atoms with Crippen molar-refractivity contribution in [1.29, 1.82) is 0 Å². The van der Waals surface area contributed by atoms with Crippen LogP contribution in [-0.2, 0) is 6.54 Å². The van der Waals surface area contributed by atoms with Gasteiger partial charge in [0, 0.05) is 26.7 Å². The molecule has 1 aliphatic rings. The average molecular weight is 512 g/mol. The van der Waals surface area contributed by atoms with Gasteiger partial charge in [0.05, 0.1) is 18.7 Å². The largest absolute Gasteiger partial charge is 0.493 e. The Morgan fingerprint density at radius 2 is 2.04 bits per heavy atom. The zero-order chi connectivity index (χ0) is 17.0. The number of nitrogens with one attached hydrogen (secondary N) is 1. The van der Waals surface area contributed by atoms with E-state index < -0.39 is 0 Å². The van der Waals surface area contributed by atoms with E-state index in [1.54, 1.807) is 14.2 Å². The van der Waals surface area contributed by atoms with Crippen LogP contribution < -0.4 is 14.8 Å². The quantitative estimate of drug-likeness (QED) is 0.378. The zero-order valence-electron chi connectivity index (χ0n) is 15.0. The SMILES string of the molecule is CN=C(NCc1cc(Br)c(OC)c(OC)c1)N1CCC(C)(C)C1.I. The molecule has 1 aromatic rings. The van der Waals surface area contributed by atoms with Crippen molar-refractivity contribution in [2.45, 2.75) is 26.8 Å². The van der Waals surface area contributed by atoms with Gasteiger partial charge in [0.15, 0.2) is 17.5 Å². The predicted octanol–water partition coefficient (Wildman–Crippen LogP) is 3.89. The first-order valence-corrected chi connectivity index (χ1v) is 8.55. The Bertz CT molecular complexity index is 593. The summed E-state index contributed by atoms with van der Waals surface area (Å²) >= 11 is 3.53. The summed E-state index contributed by atoms with van der Waals surface area (Å²) in [6.45, 7) is 7.35. The molecular formula is C17H27BrIN3O2. The minimum atomic E-state index is 0. The maximum absolute atomic E-state index is 5.39. The number of guanidine groups is 1. The van der Waals surface area contributed by atoms with Crippen LogP contribution in [0.3, 0.4) is 0 Å². The van der Waals surface area contributed by atoms with Crippen molar-refractivity contribution in [1.82, 2.24) is 10.2 Å². The van der Waals surface area contributed by atoms with Crippen LogP contribution in [0.2, 0.25) is 0 Å². The molecule has 1 fully saturated rings. The van der Waals surface area contributed by atoms with Gasteiger partial charge in [-0.3, -0.25) is 4.99 Å². The molecule has 0 saturated carbocycles. The van der Waals surface area contributed by atoms with Gasteiger partial charge in [0.1, 0.15) is 0 Å². The van der Waals surface area contributed by atoms with Gasteiger partial charge in [-0.15, -0.1) is 24.0 Å². The van der Waals surface area contributed by atoms with Gasteiger partial charge >= 0.3 is 0 Å². The molecule has 1 aromatic carbocycles. The van der Waals surface area contributed by atoms with Gasteiger partial charge in [-0.1, -0.05) is 13.8 Å². The third-order valence-corrected chi connectivity index (χ3v) is 4.72. The molecule has 7 heteroatoms. The summed E-state index contributed by atoms with van der Waals surface area (Å²) in [4.78, 5) is 6.73. The first-order chi connectivity index (χ1) is 10.9. The van der Waals surface area contributed by atoms with E-state index in [0.29, 0.717) is 17.7 Å². The summed E-state index contributed by atoms with van der Waals surface area (Å²) in [5.74, 6) is 2.37. The van der Waals surface area contributed by atoms with Gasteiger partial charge in [0.25, 0.3) is 0 Å². The van der Waals surface area contributed by atoms with Gasteiger partial charge in [-0.2, -0.15) is 0 Å². The molecule has 0 aliphatic carbocycles. The van der Waals surface area contributed by atoms with E-state index in [0.717, 1.165) is 34.8 Å². The third kappa shape index (κ3) is 5.15. The Balaban J connectivity index is 0.00000288. The van der Waals surface area contributed by atoms with Crippen LogP contribution in [0.5, 0.6) is 11.5 Å². The molecule has 136 valence electrons. The molecule has 2 rings (SSSR count). The lowest BCUT2D eigenvalue weighted by Gasteiger charge is -2.24. The number of benzene rings is 1. The molecule has 1 N–H and O–H groups in total. The Morgan fingerprint density at radius 3 is 2.54 bits per heavy atom. The minimum Gasteiger partial charge on any atom is -0.493 e. The molecule has 0 amide bonds. The first-order valence-electron chi connectivity index (χ1n) is 7.76. The fourth-order valence-electron chi connectivity index (χ4n) is 2.88. The summed E-state index contributed by atoms with van der Waals surface area (Å²) in [5.41, 5.74) is 1.46. The van der Waals surface area contributed by atoms with E-state index in [-0.39, 0.29) is 24.0 Å². The molecule has 24 heavy (non-hydrogen) atoms. The summed E-state index contributed by atoms with van der Waals surface area (Å²) in [6, 6.07) is 4.02. The van der Waals surface area contributed by atoms with Crippen molar-refractivity contribution in [3.05, 3.63) is 22.2 Å². The van der Waals surface area contributed by atoms with E-state index in [1.807, 2.05) is 19.2 Å². The van der Waals surface area contributed by atoms with Crippen molar-refractivity contribution in [2.75, 3.05) is 34.4 Å². The number of hydrogen-bond acceptors (Lipinski definition) is 3. The maximum Gasteiger partial charge on any atom is 0.193 e. The van der Waals surface area contributed by atoms with Crippen molar-refractivity contribution in [3.8, 4) is 11.5 Å². The van der Waals surface area contributed by atoms with Gasteiger partial charge in [-0.05, 0) is 45.5 Å². The predicted molar refractivity (Wildman–Crippen MR) is 113 cm³/mol. The Labute approximate surface area is 170 Å². The van der Waals surface area contributed by atoms with Crippen molar-refractivity contribution in [2.24, 2.45) is 10.4 Å². The normalized spacial score (nSPS) is 16.6. The number of rotatable bonds is 4. The monoisotopic (exact) mass is 511 g/mol. The maximum atomic E-state index is 5.39. The number of halogens is 2. The fourth-order valence-corrected chi connectivity index (χ4v) is 3.53. The number of nitrogens with zero attached hydrogens (tertiary/aromatic N) is 2. The van der Waals surface area contributed by atoms with Crippen LogP contribution in [0.15, 0.2) is 21.6 Å². The molecular weight excluding hydrogens is 485 g/mol. The van der Waals surface area contributed by atoms with Crippen molar-refractivity contribution >= 4 is 45.9 Å². The lowest BCUT2D eigenvalue weighted by molar-refractivity contribution is 0.352. The van der Waals surface area contributed by atoms with Crippen LogP contribution in [0.4, 0.5) is 0 Å². The van der Waals surface area contributed by atoms with Crippen molar-refractivity contribution < 1.29 is 9.47 Å². The Hall–Kier alpha value is -0.700. The van der Waals surface area contributed by atoms with Gasteiger partial charge in [0.2, 0.25) is 0 Å². The molecule has 0 bridgehead atoms. The molecule has 1 aliphatic heterocycles. The van der Waals surface area contributed by atoms with E-state index in [1.165, 1.54) is 6.42 Å². The Morgan fingerprint density at radius 1 is 1.33 bits per heavy atom. The highest BCUT2D eigenvalue weighted by Gasteiger charge is 2.30. The highest BCUT2D eigenvalue weighted by Crippen LogP contribution is 2.36. The van der Waals surface area contributed by atoms with Crippen LogP contribution in [0.1, 0.15) is 25.8 Å². The van der Waals surface area contributed by atoms with E-state index >= 15 is 0 Å². The minimum absolute atomic E-state index is 0. The molecule has 0 radical (unpaired) electrons.